The lowest BCUT2D eigenvalue weighted by Gasteiger charge is -2.15. The molecule has 1 atom stereocenters. The molecule has 2 aromatic rings. The van der Waals surface area contributed by atoms with Crippen molar-refractivity contribution in [2.75, 3.05) is 12.4 Å². The molecule has 0 fully saturated rings. The van der Waals surface area contributed by atoms with E-state index in [4.69, 9.17) is 4.74 Å². The van der Waals surface area contributed by atoms with Gasteiger partial charge in [-0.1, -0.05) is 24.6 Å². The van der Waals surface area contributed by atoms with Crippen molar-refractivity contribution in [2.24, 2.45) is 0 Å². The van der Waals surface area contributed by atoms with Crippen molar-refractivity contribution in [3.63, 3.8) is 0 Å². The van der Waals surface area contributed by atoms with E-state index >= 15 is 0 Å². The van der Waals surface area contributed by atoms with Crippen LogP contribution >= 0.6 is 11.8 Å². The molecule has 0 spiro atoms. The number of carbonyl (C=O) groups is 1. The molecule has 2 rings (SSSR count). The lowest BCUT2D eigenvalue weighted by Crippen LogP contribution is -2.24. The van der Waals surface area contributed by atoms with Gasteiger partial charge in [-0.2, -0.15) is 0 Å². The molecule has 0 aliphatic heterocycles. The normalized spacial score (nSPS) is 11.8. The van der Waals surface area contributed by atoms with Gasteiger partial charge in [-0.15, -0.1) is 11.8 Å². The second-order valence-electron chi connectivity index (χ2n) is 5.05. The molecule has 0 bridgehead atoms. The van der Waals surface area contributed by atoms with Crippen LogP contribution in [0.1, 0.15) is 18.9 Å². The second-order valence-corrected chi connectivity index (χ2v) is 6.32. The SMILES string of the molecule is CCC(Sc1ccc(C)cc1)C(=O)Nc1ccc(OC)cc1. The summed E-state index contributed by atoms with van der Waals surface area (Å²) >= 11 is 1.60. The molecule has 2 aromatic carbocycles. The van der Waals surface area contributed by atoms with Crippen LogP contribution < -0.4 is 10.1 Å². The first-order valence-corrected chi connectivity index (χ1v) is 8.18. The van der Waals surface area contributed by atoms with E-state index in [0.717, 1.165) is 22.8 Å². The van der Waals surface area contributed by atoms with E-state index in [0.29, 0.717) is 0 Å². The van der Waals surface area contributed by atoms with E-state index in [1.807, 2.05) is 31.2 Å². The smallest absolute Gasteiger partial charge is 0.237 e. The maximum absolute atomic E-state index is 12.4. The van der Waals surface area contributed by atoms with Crippen molar-refractivity contribution in [3.05, 3.63) is 54.1 Å². The Morgan fingerprint density at radius 1 is 1.14 bits per heavy atom. The molecule has 0 saturated heterocycles. The Hall–Kier alpha value is -1.94. The quantitative estimate of drug-likeness (QED) is 0.797. The number of hydrogen-bond acceptors (Lipinski definition) is 3. The van der Waals surface area contributed by atoms with E-state index in [1.165, 1.54) is 5.56 Å². The fourth-order valence-electron chi connectivity index (χ4n) is 2.00. The number of nitrogens with one attached hydrogen (secondary N) is 1. The molecule has 0 aliphatic carbocycles. The number of carbonyl (C=O) groups excluding carboxylic acids is 1. The van der Waals surface area contributed by atoms with Crippen LogP contribution in [-0.2, 0) is 4.79 Å². The largest absolute Gasteiger partial charge is 0.497 e. The summed E-state index contributed by atoms with van der Waals surface area (Å²) in [4.78, 5) is 13.5. The van der Waals surface area contributed by atoms with Gasteiger partial charge < -0.3 is 10.1 Å². The van der Waals surface area contributed by atoms with Gasteiger partial charge >= 0.3 is 0 Å². The molecule has 22 heavy (non-hydrogen) atoms. The minimum atomic E-state index is -0.107. The first kappa shape index (κ1) is 16.4. The Labute approximate surface area is 136 Å². The number of benzene rings is 2. The molecule has 4 heteroatoms. The first-order chi connectivity index (χ1) is 10.6. The third-order valence-corrected chi connectivity index (χ3v) is 4.70. The van der Waals surface area contributed by atoms with E-state index in [2.05, 4.69) is 36.5 Å². The van der Waals surface area contributed by atoms with Gasteiger partial charge in [0.2, 0.25) is 5.91 Å². The number of hydrogen-bond donors (Lipinski definition) is 1. The number of aryl methyl sites for hydroxylation is 1. The predicted molar refractivity (Wildman–Crippen MR) is 92.7 cm³/mol. The Morgan fingerprint density at radius 2 is 1.77 bits per heavy atom. The van der Waals surface area contributed by atoms with Gasteiger partial charge in [0, 0.05) is 10.6 Å². The molecule has 0 radical (unpaired) electrons. The summed E-state index contributed by atoms with van der Waals surface area (Å²) in [5.41, 5.74) is 2.01. The highest BCUT2D eigenvalue weighted by molar-refractivity contribution is 8.00. The summed E-state index contributed by atoms with van der Waals surface area (Å²) in [5.74, 6) is 0.803. The van der Waals surface area contributed by atoms with Gasteiger partial charge in [-0.25, -0.2) is 0 Å². The van der Waals surface area contributed by atoms with Crippen LogP contribution in [0.25, 0.3) is 0 Å². The highest BCUT2D eigenvalue weighted by Gasteiger charge is 2.18. The first-order valence-electron chi connectivity index (χ1n) is 7.30. The Morgan fingerprint density at radius 3 is 2.32 bits per heavy atom. The van der Waals surface area contributed by atoms with Crippen LogP contribution in [0.5, 0.6) is 5.75 Å². The zero-order valence-corrected chi connectivity index (χ0v) is 13.9. The third kappa shape index (κ3) is 4.53. The number of rotatable bonds is 6. The van der Waals surface area contributed by atoms with Gasteiger partial charge in [-0.3, -0.25) is 4.79 Å². The molecule has 0 aliphatic rings. The summed E-state index contributed by atoms with van der Waals surface area (Å²) in [6.07, 6.45) is 0.778. The molecular formula is C18H21NO2S. The van der Waals surface area contributed by atoms with Crippen molar-refractivity contribution in [1.29, 1.82) is 0 Å². The molecule has 3 nitrogen and oxygen atoms in total. The highest BCUT2D eigenvalue weighted by Crippen LogP contribution is 2.27. The number of thioether (sulfide) groups is 1. The predicted octanol–water partition coefficient (Wildman–Crippen LogP) is 4.51. The topological polar surface area (TPSA) is 38.3 Å². The van der Waals surface area contributed by atoms with E-state index in [-0.39, 0.29) is 11.2 Å². The maximum atomic E-state index is 12.4. The minimum absolute atomic E-state index is 0.0261. The number of anilines is 1. The Balaban J connectivity index is 1.99. The molecule has 1 unspecified atom stereocenters. The zero-order valence-electron chi connectivity index (χ0n) is 13.1. The van der Waals surface area contributed by atoms with E-state index in [1.54, 1.807) is 18.9 Å². The van der Waals surface area contributed by atoms with Crippen molar-refractivity contribution >= 4 is 23.4 Å². The Kier molecular flexibility index (Phi) is 5.90. The van der Waals surface area contributed by atoms with Crippen molar-refractivity contribution in [2.45, 2.75) is 30.4 Å². The molecule has 1 amide bonds. The summed E-state index contributed by atoms with van der Waals surface area (Å²) in [6.45, 7) is 4.08. The van der Waals surface area contributed by atoms with Crippen molar-refractivity contribution < 1.29 is 9.53 Å². The fourth-order valence-corrected chi connectivity index (χ4v) is 2.95. The second kappa shape index (κ2) is 7.90. The molecular weight excluding hydrogens is 294 g/mol. The molecule has 1 N–H and O–H groups in total. The van der Waals surface area contributed by atoms with Crippen molar-refractivity contribution in [3.8, 4) is 5.75 Å². The number of methoxy groups -OCH3 is 1. The lowest BCUT2D eigenvalue weighted by atomic mass is 10.2. The highest BCUT2D eigenvalue weighted by atomic mass is 32.2. The monoisotopic (exact) mass is 315 g/mol. The van der Waals surface area contributed by atoms with E-state index in [9.17, 15) is 4.79 Å². The summed E-state index contributed by atoms with van der Waals surface area (Å²) in [5, 5.41) is 2.85. The lowest BCUT2D eigenvalue weighted by molar-refractivity contribution is -0.115. The molecule has 0 heterocycles. The number of amides is 1. The molecule has 116 valence electrons. The number of ether oxygens (including phenoxy) is 1. The van der Waals surface area contributed by atoms with Crippen LogP contribution in [0.3, 0.4) is 0 Å². The Bertz CT molecular complexity index is 608. The van der Waals surface area contributed by atoms with Crippen LogP contribution in [0.15, 0.2) is 53.4 Å². The summed E-state index contributed by atoms with van der Waals surface area (Å²) in [7, 11) is 1.62. The molecule has 0 aromatic heterocycles. The van der Waals surface area contributed by atoms with Gasteiger partial charge in [0.05, 0.1) is 12.4 Å². The third-order valence-electron chi connectivity index (χ3n) is 3.32. The fraction of sp³-hybridized carbons (Fsp3) is 0.278. The maximum Gasteiger partial charge on any atom is 0.237 e. The summed E-state index contributed by atoms with van der Waals surface area (Å²) in [6, 6.07) is 15.6. The molecule has 0 saturated carbocycles. The van der Waals surface area contributed by atoms with Gasteiger partial charge in [0.15, 0.2) is 0 Å². The standard InChI is InChI=1S/C18H21NO2S/c1-4-17(22-16-11-5-13(2)6-12-16)18(20)19-14-7-9-15(21-3)10-8-14/h5-12,17H,4H2,1-3H3,(H,19,20). The van der Waals surface area contributed by atoms with Crippen LogP contribution in [0.2, 0.25) is 0 Å². The average molecular weight is 315 g/mol. The minimum Gasteiger partial charge on any atom is -0.497 e. The van der Waals surface area contributed by atoms with Crippen LogP contribution in [0.4, 0.5) is 5.69 Å². The van der Waals surface area contributed by atoms with Crippen molar-refractivity contribution in [1.82, 2.24) is 0 Å². The van der Waals surface area contributed by atoms with Gasteiger partial charge in [0.1, 0.15) is 5.75 Å². The average Bonchev–Trinajstić information content (AvgIpc) is 2.55. The van der Waals surface area contributed by atoms with Crippen LogP contribution in [-0.4, -0.2) is 18.3 Å². The van der Waals surface area contributed by atoms with Gasteiger partial charge in [0.25, 0.3) is 0 Å². The zero-order chi connectivity index (χ0) is 15.9. The van der Waals surface area contributed by atoms with Gasteiger partial charge in [-0.05, 0) is 49.7 Å². The van der Waals surface area contributed by atoms with E-state index < -0.39 is 0 Å². The summed E-state index contributed by atoms with van der Waals surface area (Å²) < 4.78 is 5.11. The van der Waals surface area contributed by atoms with Crippen LogP contribution in [0, 0.1) is 6.92 Å².